The van der Waals surface area contributed by atoms with Gasteiger partial charge in [0.15, 0.2) is 23.1 Å². The van der Waals surface area contributed by atoms with Gasteiger partial charge in [-0.05, 0) is 62.1 Å². The molecule has 0 spiro atoms. The number of nitrogens with one attached hydrogen (secondary N) is 2. The molecule has 242 valence electrons. The summed E-state index contributed by atoms with van der Waals surface area (Å²) >= 11 is 0. The number of fused-ring (bicyclic) bond motifs is 1. The summed E-state index contributed by atoms with van der Waals surface area (Å²) in [6, 6.07) is 9.21. The molecule has 2 amide bonds. The Bertz CT molecular complexity index is 1680. The second kappa shape index (κ2) is 13.8. The topological polar surface area (TPSA) is 111 Å². The Labute approximate surface area is 265 Å². The van der Waals surface area contributed by atoms with Crippen LogP contribution >= 0.6 is 0 Å². The van der Waals surface area contributed by atoms with Gasteiger partial charge in [0.1, 0.15) is 17.0 Å². The van der Waals surface area contributed by atoms with Crippen LogP contribution in [0.5, 0.6) is 23.0 Å². The van der Waals surface area contributed by atoms with Crippen molar-refractivity contribution < 1.29 is 37.3 Å². The van der Waals surface area contributed by atoms with E-state index < -0.39 is 23.0 Å². The highest BCUT2D eigenvalue weighted by molar-refractivity contribution is 6.13. The smallest absolute Gasteiger partial charge is 0.240 e. The Hall–Kier alpha value is -4.55. The first kappa shape index (κ1) is 31.4. The number of halogens is 2. The number of rotatable bonds is 12. The van der Waals surface area contributed by atoms with Crippen molar-refractivity contribution in [2.75, 3.05) is 51.9 Å². The van der Waals surface area contributed by atoms with Gasteiger partial charge in [-0.25, -0.2) is 8.78 Å². The molecule has 1 saturated carbocycles. The molecule has 1 saturated heterocycles. The zero-order valence-corrected chi connectivity index (χ0v) is 25.6. The maximum Gasteiger partial charge on any atom is 0.240 e. The molecule has 6 rings (SSSR count). The lowest BCUT2D eigenvalue weighted by molar-refractivity contribution is -0.133. The van der Waals surface area contributed by atoms with Crippen molar-refractivity contribution in [1.82, 2.24) is 15.2 Å². The second-order valence-corrected chi connectivity index (χ2v) is 11.5. The third-order valence-corrected chi connectivity index (χ3v) is 8.37. The number of morpholine rings is 1. The third-order valence-electron chi connectivity index (χ3n) is 8.37. The van der Waals surface area contributed by atoms with Crippen molar-refractivity contribution >= 4 is 28.4 Å². The van der Waals surface area contributed by atoms with E-state index in [-0.39, 0.29) is 23.7 Å². The van der Waals surface area contributed by atoms with Crippen LogP contribution < -0.4 is 24.8 Å². The monoisotopic (exact) mass is 634 g/mol. The molecule has 0 unspecified atom stereocenters. The van der Waals surface area contributed by atoms with Crippen LogP contribution in [-0.2, 0) is 14.3 Å². The van der Waals surface area contributed by atoms with Crippen LogP contribution in [0, 0.1) is 11.2 Å². The number of anilines is 1. The molecule has 10 nitrogen and oxygen atoms in total. The van der Waals surface area contributed by atoms with Crippen LogP contribution in [0.4, 0.5) is 14.5 Å². The van der Waals surface area contributed by atoms with E-state index in [1.807, 2.05) is 0 Å². The zero-order chi connectivity index (χ0) is 32.1. The van der Waals surface area contributed by atoms with Gasteiger partial charge in [0.25, 0.3) is 0 Å². The van der Waals surface area contributed by atoms with Gasteiger partial charge in [0.2, 0.25) is 11.8 Å². The van der Waals surface area contributed by atoms with Crippen molar-refractivity contribution in [3.63, 3.8) is 0 Å². The van der Waals surface area contributed by atoms with E-state index in [1.54, 1.807) is 31.5 Å². The van der Waals surface area contributed by atoms with Crippen LogP contribution in [-0.4, -0.2) is 68.3 Å². The molecule has 2 heterocycles. The SMILES string of the molecule is COc1cc2c(Oc3ccc(NC(=O)C4(C(=O)NC5=CC=C(F)CC5)CC4)cc3F)ccnc2cc1OCCCN1CCOCC1. The molecular weight excluding hydrogens is 598 g/mol. The largest absolute Gasteiger partial charge is 0.493 e. The van der Waals surface area contributed by atoms with Crippen LogP contribution in [0.2, 0.25) is 0 Å². The molecule has 2 fully saturated rings. The number of carbonyl (C=O) groups excluding carboxylic acids is 2. The minimum atomic E-state index is -1.24. The predicted molar refractivity (Wildman–Crippen MR) is 167 cm³/mol. The molecule has 1 aliphatic heterocycles. The first-order valence-corrected chi connectivity index (χ1v) is 15.4. The summed E-state index contributed by atoms with van der Waals surface area (Å²) in [6.07, 6.45) is 6.50. The molecule has 2 N–H and O–H groups in total. The quantitative estimate of drug-likeness (QED) is 0.195. The van der Waals surface area contributed by atoms with E-state index in [9.17, 15) is 14.0 Å². The van der Waals surface area contributed by atoms with Gasteiger partial charge in [0.05, 0.1) is 32.4 Å². The summed E-state index contributed by atoms with van der Waals surface area (Å²) in [5.74, 6) is -0.586. The van der Waals surface area contributed by atoms with Crippen molar-refractivity contribution in [2.45, 2.75) is 32.1 Å². The fourth-order valence-corrected chi connectivity index (χ4v) is 5.48. The van der Waals surface area contributed by atoms with Crippen molar-refractivity contribution in [3.05, 3.63) is 72.1 Å². The van der Waals surface area contributed by atoms with E-state index in [0.29, 0.717) is 59.7 Å². The third kappa shape index (κ3) is 7.13. The van der Waals surface area contributed by atoms with Crippen LogP contribution in [0.1, 0.15) is 32.1 Å². The average Bonchev–Trinajstić information content (AvgIpc) is 3.88. The fourth-order valence-electron chi connectivity index (χ4n) is 5.48. The van der Waals surface area contributed by atoms with Crippen molar-refractivity contribution in [1.29, 1.82) is 0 Å². The highest BCUT2D eigenvalue weighted by atomic mass is 19.1. The molecule has 12 heteroatoms. The number of pyridine rings is 1. The Morgan fingerprint density at radius 1 is 0.957 bits per heavy atom. The lowest BCUT2D eigenvalue weighted by Crippen LogP contribution is -2.39. The van der Waals surface area contributed by atoms with Gasteiger partial charge in [0, 0.05) is 61.2 Å². The molecular formula is C34H36F2N4O6. The van der Waals surface area contributed by atoms with Crippen LogP contribution in [0.25, 0.3) is 10.9 Å². The number of amides is 2. The summed E-state index contributed by atoms with van der Waals surface area (Å²) in [6.45, 7) is 4.77. The minimum Gasteiger partial charge on any atom is -0.493 e. The number of carbonyl (C=O) groups is 2. The average molecular weight is 635 g/mol. The Balaban J connectivity index is 1.10. The Morgan fingerprint density at radius 2 is 1.76 bits per heavy atom. The maximum atomic E-state index is 15.2. The maximum absolute atomic E-state index is 15.2. The summed E-state index contributed by atoms with van der Waals surface area (Å²) in [4.78, 5) is 32.7. The molecule has 0 bridgehead atoms. The summed E-state index contributed by atoms with van der Waals surface area (Å²) < 4.78 is 51.5. The fraction of sp³-hybridized carbons (Fsp3) is 0.382. The first-order chi connectivity index (χ1) is 22.3. The molecule has 1 aromatic heterocycles. The number of benzene rings is 2. The number of nitrogens with zero attached hydrogens (tertiary/aromatic N) is 2. The lowest BCUT2D eigenvalue weighted by atomic mass is 10.0. The molecule has 3 aliphatic rings. The molecule has 3 aromatic rings. The molecule has 0 radical (unpaired) electrons. The summed E-state index contributed by atoms with van der Waals surface area (Å²) in [5.41, 5.74) is 0.0888. The normalized spacial score (nSPS) is 17.5. The van der Waals surface area contributed by atoms with E-state index in [4.69, 9.17) is 18.9 Å². The van der Waals surface area contributed by atoms with E-state index in [1.165, 1.54) is 24.3 Å². The van der Waals surface area contributed by atoms with Gasteiger partial charge in [-0.2, -0.15) is 0 Å². The zero-order valence-electron chi connectivity index (χ0n) is 25.6. The molecule has 2 aromatic carbocycles. The highest BCUT2D eigenvalue weighted by Gasteiger charge is 2.56. The first-order valence-electron chi connectivity index (χ1n) is 15.4. The van der Waals surface area contributed by atoms with Gasteiger partial charge >= 0.3 is 0 Å². The van der Waals surface area contributed by atoms with Gasteiger partial charge < -0.3 is 29.6 Å². The van der Waals surface area contributed by atoms with Gasteiger partial charge in [-0.15, -0.1) is 0 Å². The van der Waals surface area contributed by atoms with Crippen molar-refractivity contribution in [3.8, 4) is 23.0 Å². The van der Waals surface area contributed by atoms with Crippen LogP contribution in [0.15, 0.2) is 66.3 Å². The minimum absolute atomic E-state index is 0.0590. The number of aromatic nitrogens is 1. The van der Waals surface area contributed by atoms with Crippen molar-refractivity contribution in [2.24, 2.45) is 5.41 Å². The number of ether oxygens (including phenoxy) is 4. The second-order valence-electron chi connectivity index (χ2n) is 11.5. The number of allylic oxidation sites excluding steroid dienone is 4. The van der Waals surface area contributed by atoms with E-state index in [2.05, 4.69) is 20.5 Å². The Kier molecular flexibility index (Phi) is 9.46. The molecule has 46 heavy (non-hydrogen) atoms. The standard InChI is InChI=1S/C34H36F2N4O6/c1-43-30-20-25-27(21-31(30)45-16-2-13-40-14-17-44-18-15-40)37-12-9-28(25)46-29-8-7-24(19-26(29)36)39-33(42)34(10-11-34)32(41)38-23-5-3-22(35)4-6-23/h3,5,7-9,12,19-21H,2,4,6,10-11,13-18H2,1H3,(H,38,41)(H,39,42). The lowest BCUT2D eigenvalue weighted by Gasteiger charge is -2.26. The van der Waals surface area contributed by atoms with Crippen LogP contribution in [0.3, 0.4) is 0 Å². The molecule has 0 atom stereocenters. The summed E-state index contributed by atoms with van der Waals surface area (Å²) in [5, 5.41) is 5.99. The number of hydrogen-bond acceptors (Lipinski definition) is 8. The van der Waals surface area contributed by atoms with Gasteiger partial charge in [-0.1, -0.05) is 0 Å². The van der Waals surface area contributed by atoms with Gasteiger partial charge in [-0.3, -0.25) is 19.5 Å². The van der Waals surface area contributed by atoms with E-state index in [0.717, 1.165) is 45.3 Å². The number of methoxy groups -OCH3 is 1. The predicted octanol–water partition coefficient (Wildman–Crippen LogP) is 5.64. The van der Waals surface area contributed by atoms with E-state index >= 15 is 4.39 Å². The molecule has 2 aliphatic carbocycles. The highest BCUT2D eigenvalue weighted by Crippen LogP contribution is 2.47. The Morgan fingerprint density at radius 3 is 2.48 bits per heavy atom. The summed E-state index contributed by atoms with van der Waals surface area (Å²) in [7, 11) is 1.55. The number of hydrogen-bond donors (Lipinski definition) is 2.